The van der Waals surface area contributed by atoms with Crippen molar-refractivity contribution in [2.75, 3.05) is 13.1 Å². The number of carbonyl (C=O) groups excluding carboxylic acids is 2. The largest absolute Gasteiger partial charge is 0.465 e. The zero-order valence-corrected chi connectivity index (χ0v) is 10.5. The van der Waals surface area contributed by atoms with E-state index in [-0.39, 0.29) is 37.0 Å². The van der Waals surface area contributed by atoms with Gasteiger partial charge in [-0.3, -0.25) is 19.8 Å². The zero-order valence-electron chi connectivity index (χ0n) is 10.5. The molecule has 1 aliphatic rings. The molecule has 0 saturated carbocycles. The minimum absolute atomic E-state index is 0.150. The summed E-state index contributed by atoms with van der Waals surface area (Å²) in [4.78, 5) is 24.5. The molecule has 0 radical (unpaired) electrons. The Hall–Kier alpha value is -1.66. The fourth-order valence-corrected chi connectivity index (χ4v) is 2.24. The van der Waals surface area contributed by atoms with E-state index in [1.807, 2.05) is 26.0 Å². The number of amides is 2. The van der Waals surface area contributed by atoms with Crippen LogP contribution in [0.1, 0.15) is 24.5 Å². The average Bonchev–Trinajstić information content (AvgIpc) is 2.62. The Kier molecular flexibility index (Phi) is 3.49. The molecule has 0 spiro atoms. The standard InChI is InChI=1S/C12H17N3O3/c1-7-3-4-9(18-7)12(8(2)13)15-5-10(16)14-11(17)6-15/h3-4,8,12H,5-6,13H2,1-2H3,(H,14,16,17). The van der Waals surface area contributed by atoms with Gasteiger partial charge in [-0.1, -0.05) is 0 Å². The van der Waals surface area contributed by atoms with Gasteiger partial charge in [0.1, 0.15) is 11.5 Å². The van der Waals surface area contributed by atoms with E-state index in [4.69, 9.17) is 10.2 Å². The Bertz CT molecular complexity index is 451. The lowest BCUT2D eigenvalue weighted by Gasteiger charge is -2.34. The molecule has 2 rings (SSSR count). The molecule has 1 aliphatic heterocycles. The van der Waals surface area contributed by atoms with Crippen molar-refractivity contribution in [3.63, 3.8) is 0 Å². The first kappa shape index (κ1) is 12.8. The predicted octanol–water partition coefficient (Wildman–Crippen LogP) is -0.0653. The highest BCUT2D eigenvalue weighted by Crippen LogP contribution is 2.25. The minimum atomic E-state index is -0.305. The summed E-state index contributed by atoms with van der Waals surface area (Å²) in [6, 6.07) is 3.17. The normalized spacial score (nSPS) is 20.6. The number of furan rings is 1. The van der Waals surface area contributed by atoms with Gasteiger partial charge in [0.25, 0.3) is 0 Å². The molecular weight excluding hydrogens is 234 g/mol. The molecule has 0 bridgehead atoms. The van der Waals surface area contributed by atoms with Gasteiger partial charge in [0.2, 0.25) is 11.8 Å². The van der Waals surface area contributed by atoms with Crippen molar-refractivity contribution >= 4 is 11.8 Å². The highest BCUT2D eigenvalue weighted by atomic mass is 16.3. The van der Waals surface area contributed by atoms with Crippen LogP contribution in [0.2, 0.25) is 0 Å². The quantitative estimate of drug-likeness (QED) is 0.734. The lowest BCUT2D eigenvalue weighted by Crippen LogP contribution is -2.54. The molecule has 0 aliphatic carbocycles. The van der Waals surface area contributed by atoms with E-state index in [1.54, 1.807) is 4.90 Å². The van der Waals surface area contributed by atoms with Crippen LogP contribution in [0.25, 0.3) is 0 Å². The van der Waals surface area contributed by atoms with Crippen LogP contribution in [0.4, 0.5) is 0 Å². The summed E-state index contributed by atoms with van der Waals surface area (Å²) in [5.41, 5.74) is 5.95. The molecule has 2 atom stereocenters. The second kappa shape index (κ2) is 4.91. The number of nitrogens with two attached hydrogens (primary N) is 1. The van der Waals surface area contributed by atoms with Gasteiger partial charge in [-0.25, -0.2) is 0 Å². The Morgan fingerprint density at radius 1 is 1.33 bits per heavy atom. The third-order valence-corrected chi connectivity index (χ3v) is 2.92. The van der Waals surface area contributed by atoms with Crippen molar-refractivity contribution in [3.05, 3.63) is 23.7 Å². The van der Waals surface area contributed by atoms with Gasteiger partial charge >= 0.3 is 0 Å². The van der Waals surface area contributed by atoms with Gasteiger partial charge in [0.15, 0.2) is 0 Å². The predicted molar refractivity (Wildman–Crippen MR) is 64.6 cm³/mol. The molecule has 6 heteroatoms. The van der Waals surface area contributed by atoms with Crippen LogP contribution in [-0.4, -0.2) is 35.8 Å². The van der Waals surface area contributed by atoms with Crippen LogP contribution in [0, 0.1) is 6.92 Å². The topological polar surface area (TPSA) is 88.6 Å². The molecule has 1 aromatic heterocycles. The van der Waals surface area contributed by atoms with Gasteiger partial charge in [-0.15, -0.1) is 0 Å². The van der Waals surface area contributed by atoms with Crippen LogP contribution in [-0.2, 0) is 9.59 Å². The number of aryl methyl sites for hydroxylation is 1. The Morgan fingerprint density at radius 2 is 1.94 bits per heavy atom. The summed E-state index contributed by atoms with van der Waals surface area (Å²) in [5.74, 6) is 0.855. The number of carbonyl (C=O) groups is 2. The molecule has 1 fully saturated rings. The van der Waals surface area contributed by atoms with Crippen molar-refractivity contribution in [2.24, 2.45) is 5.73 Å². The Balaban J connectivity index is 2.25. The van der Waals surface area contributed by atoms with E-state index in [1.165, 1.54) is 0 Å². The van der Waals surface area contributed by atoms with Crippen molar-refractivity contribution < 1.29 is 14.0 Å². The highest BCUT2D eigenvalue weighted by molar-refractivity contribution is 5.99. The summed E-state index contributed by atoms with van der Waals surface area (Å²) in [5, 5.41) is 2.27. The molecule has 2 unspecified atom stereocenters. The number of nitrogens with zero attached hydrogens (tertiary/aromatic N) is 1. The molecule has 1 aromatic rings. The molecule has 0 aromatic carbocycles. The molecule has 3 N–H and O–H groups in total. The first-order valence-electron chi connectivity index (χ1n) is 5.86. The molecule has 2 amide bonds. The SMILES string of the molecule is Cc1ccc(C(C(C)N)N2CC(=O)NC(=O)C2)o1. The van der Waals surface area contributed by atoms with E-state index < -0.39 is 0 Å². The summed E-state index contributed by atoms with van der Waals surface area (Å²) in [6.07, 6.45) is 0. The van der Waals surface area contributed by atoms with E-state index in [2.05, 4.69) is 5.32 Å². The van der Waals surface area contributed by atoms with Crippen molar-refractivity contribution in [1.82, 2.24) is 10.2 Å². The van der Waals surface area contributed by atoms with E-state index in [0.29, 0.717) is 5.76 Å². The van der Waals surface area contributed by atoms with Crippen LogP contribution in [0.5, 0.6) is 0 Å². The summed E-state index contributed by atoms with van der Waals surface area (Å²) >= 11 is 0. The third kappa shape index (κ3) is 2.60. The van der Waals surface area contributed by atoms with Crippen molar-refractivity contribution in [2.45, 2.75) is 25.9 Å². The Morgan fingerprint density at radius 3 is 2.39 bits per heavy atom. The Labute approximate surface area is 105 Å². The van der Waals surface area contributed by atoms with E-state index >= 15 is 0 Å². The lowest BCUT2D eigenvalue weighted by atomic mass is 10.1. The second-order valence-electron chi connectivity index (χ2n) is 4.63. The van der Waals surface area contributed by atoms with Crippen LogP contribution >= 0.6 is 0 Å². The summed E-state index contributed by atoms with van der Waals surface area (Å²) in [6.45, 7) is 3.98. The van der Waals surface area contributed by atoms with Gasteiger partial charge in [-0.05, 0) is 26.0 Å². The van der Waals surface area contributed by atoms with Crippen molar-refractivity contribution in [3.8, 4) is 0 Å². The van der Waals surface area contributed by atoms with E-state index in [0.717, 1.165) is 5.76 Å². The van der Waals surface area contributed by atoms with Gasteiger partial charge in [0, 0.05) is 6.04 Å². The van der Waals surface area contributed by atoms with Crippen LogP contribution < -0.4 is 11.1 Å². The van der Waals surface area contributed by atoms with E-state index in [9.17, 15) is 9.59 Å². The monoisotopic (exact) mass is 251 g/mol. The second-order valence-corrected chi connectivity index (χ2v) is 4.63. The highest BCUT2D eigenvalue weighted by Gasteiger charge is 2.33. The molecule has 2 heterocycles. The average molecular weight is 251 g/mol. The first-order valence-corrected chi connectivity index (χ1v) is 5.86. The maximum Gasteiger partial charge on any atom is 0.240 e. The number of nitrogens with one attached hydrogen (secondary N) is 1. The zero-order chi connectivity index (χ0) is 13.3. The third-order valence-electron chi connectivity index (χ3n) is 2.92. The summed E-state index contributed by atoms with van der Waals surface area (Å²) < 4.78 is 5.57. The minimum Gasteiger partial charge on any atom is -0.465 e. The molecular formula is C12H17N3O3. The fourth-order valence-electron chi connectivity index (χ4n) is 2.24. The number of imide groups is 1. The van der Waals surface area contributed by atoms with Crippen molar-refractivity contribution in [1.29, 1.82) is 0 Å². The molecule has 98 valence electrons. The van der Waals surface area contributed by atoms with Gasteiger partial charge in [0.05, 0.1) is 19.1 Å². The lowest BCUT2D eigenvalue weighted by molar-refractivity contribution is -0.137. The molecule has 18 heavy (non-hydrogen) atoms. The van der Waals surface area contributed by atoms with Crippen LogP contribution in [0.3, 0.4) is 0 Å². The molecule has 6 nitrogen and oxygen atoms in total. The van der Waals surface area contributed by atoms with Gasteiger partial charge < -0.3 is 10.2 Å². The smallest absolute Gasteiger partial charge is 0.240 e. The number of rotatable bonds is 3. The maximum atomic E-state index is 11.4. The number of hydrogen-bond donors (Lipinski definition) is 2. The first-order chi connectivity index (χ1) is 8.47. The fraction of sp³-hybridized carbons (Fsp3) is 0.500. The number of hydrogen-bond acceptors (Lipinski definition) is 5. The molecule has 1 saturated heterocycles. The van der Waals surface area contributed by atoms with Crippen LogP contribution in [0.15, 0.2) is 16.5 Å². The maximum absolute atomic E-state index is 11.4. The number of piperazine rings is 1. The van der Waals surface area contributed by atoms with Gasteiger partial charge in [-0.2, -0.15) is 0 Å². The summed E-state index contributed by atoms with van der Waals surface area (Å²) in [7, 11) is 0.